The number of nitrogens with two attached hydrogens (primary N) is 1. The van der Waals surface area contributed by atoms with Crippen molar-refractivity contribution in [3.63, 3.8) is 0 Å². The lowest BCUT2D eigenvalue weighted by Gasteiger charge is -2.20. The first-order valence-corrected chi connectivity index (χ1v) is 10.5. The van der Waals surface area contributed by atoms with Crippen LogP contribution in [0, 0.1) is 5.41 Å². The van der Waals surface area contributed by atoms with Crippen molar-refractivity contribution in [1.29, 1.82) is 5.41 Å². The third kappa shape index (κ3) is 5.27. The summed E-state index contributed by atoms with van der Waals surface area (Å²) < 4.78 is 24.5. The van der Waals surface area contributed by atoms with Gasteiger partial charge in [-0.15, -0.1) is 9.78 Å². The van der Waals surface area contributed by atoms with Gasteiger partial charge in [0.1, 0.15) is 25.2 Å². The Morgan fingerprint density at radius 2 is 1.94 bits per heavy atom. The predicted molar refractivity (Wildman–Crippen MR) is 127 cm³/mol. The van der Waals surface area contributed by atoms with Crippen molar-refractivity contribution in [2.45, 2.75) is 6.04 Å². The second-order valence-electron chi connectivity index (χ2n) is 7.29. The van der Waals surface area contributed by atoms with Crippen LogP contribution in [0.1, 0.15) is 23.0 Å². The van der Waals surface area contributed by atoms with E-state index in [1.54, 1.807) is 48.5 Å². The number of alkyl halides is 1. The van der Waals surface area contributed by atoms with Gasteiger partial charge >= 0.3 is 5.69 Å². The average molecular weight is 478 g/mol. The van der Waals surface area contributed by atoms with Crippen LogP contribution in [0.25, 0.3) is 5.95 Å². The molecular formula is C23H23FN8O3. The van der Waals surface area contributed by atoms with Crippen molar-refractivity contribution < 1.29 is 13.9 Å². The molecule has 4 aromatic rings. The molecule has 2 aromatic heterocycles. The van der Waals surface area contributed by atoms with Crippen molar-refractivity contribution in [1.82, 2.24) is 24.7 Å². The summed E-state index contributed by atoms with van der Waals surface area (Å²) in [7, 11) is 1.48. The molecule has 4 rings (SSSR count). The van der Waals surface area contributed by atoms with Gasteiger partial charge in [-0.25, -0.2) is 19.2 Å². The molecule has 35 heavy (non-hydrogen) atoms. The summed E-state index contributed by atoms with van der Waals surface area (Å²) in [4.78, 5) is 23.6. The number of anilines is 1. The van der Waals surface area contributed by atoms with Crippen molar-refractivity contribution in [3.05, 3.63) is 88.4 Å². The zero-order chi connectivity index (χ0) is 24.8. The van der Waals surface area contributed by atoms with Crippen LogP contribution in [0.3, 0.4) is 0 Å². The van der Waals surface area contributed by atoms with Gasteiger partial charge in [-0.05, 0) is 48.0 Å². The van der Waals surface area contributed by atoms with Gasteiger partial charge in [0.15, 0.2) is 17.3 Å². The van der Waals surface area contributed by atoms with Crippen LogP contribution in [0.4, 0.5) is 10.1 Å². The van der Waals surface area contributed by atoms with Crippen LogP contribution in [0.2, 0.25) is 0 Å². The van der Waals surface area contributed by atoms with Gasteiger partial charge in [-0.1, -0.05) is 6.07 Å². The molecular weight excluding hydrogens is 455 g/mol. The Morgan fingerprint density at radius 1 is 1.20 bits per heavy atom. The van der Waals surface area contributed by atoms with E-state index in [0.29, 0.717) is 28.3 Å². The zero-order valence-corrected chi connectivity index (χ0v) is 18.7. The number of aromatic amines is 1. The molecule has 0 aliphatic heterocycles. The molecule has 0 aliphatic carbocycles. The minimum absolute atomic E-state index is 0.0485. The number of hydrogen-bond acceptors (Lipinski definition) is 8. The Hall–Kier alpha value is -4.74. The molecule has 12 heteroatoms. The minimum Gasteiger partial charge on any atom is -0.493 e. The van der Waals surface area contributed by atoms with E-state index in [1.165, 1.54) is 19.5 Å². The molecule has 180 valence electrons. The van der Waals surface area contributed by atoms with Gasteiger partial charge in [-0.2, -0.15) is 0 Å². The predicted octanol–water partition coefficient (Wildman–Crippen LogP) is 2.19. The lowest BCUT2D eigenvalue weighted by atomic mass is 10.0. The first-order valence-electron chi connectivity index (χ1n) is 10.5. The van der Waals surface area contributed by atoms with Gasteiger partial charge in [0.2, 0.25) is 0 Å². The number of nitrogens with zero attached hydrogens (tertiary/aromatic N) is 4. The molecule has 11 nitrogen and oxygen atoms in total. The van der Waals surface area contributed by atoms with E-state index in [1.807, 2.05) is 0 Å². The molecule has 0 spiro atoms. The lowest BCUT2D eigenvalue weighted by molar-refractivity contribution is 0.260. The summed E-state index contributed by atoms with van der Waals surface area (Å²) in [5.74, 6) is 1.14. The number of hydrogen-bond donors (Lipinski definition) is 4. The number of H-pyrrole nitrogens is 1. The molecule has 0 bridgehead atoms. The molecule has 0 aliphatic rings. The SMILES string of the molecule is COc1cc(C(Nc2ccc(C(=N)N)cc2)c2nn(-c3ncccn3)c(=O)[nH]2)ccc1OCCF. The summed E-state index contributed by atoms with van der Waals surface area (Å²) in [5, 5.41) is 15.3. The molecule has 1 unspecified atom stereocenters. The number of rotatable bonds is 10. The van der Waals surface area contributed by atoms with Gasteiger partial charge in [-0.3, -0.25) is 10.4 Å². The van der Waals surface area contributed by atoms with Crippen molar-refractivity contribution in [2.24, 2.45) is 5.73 Å². The third-order valence-electron chi connectivity index (χ3n) is 5.01. The standard InChI is InChI=1S/C23H23FN8O3/c1-34-18-13-15(5-8-17(18)35-12-9-24)19(29-16-6-3-14(4-7-16)20(25)26)21-30-23(33)32(31-21)22-27-10-2-11-28-22/h2-8,10-11,13,19,29H,9,12H2,1H3,(H3,25,26)(H,30,31,33). The molecule has 1 atom stereocenters. The Balaban J connectivity index is 1.76. The van der Waals surface area contributed by atoms with Crippen LogP contribution >= 0.6 is 0 Å². The van der Waals surface area contributed by atoms with E-state index in [9.17, 15) is 9.18 Å². The Labute approximate surface area is 199 Å². The quantitative estimate of drug-likeness (QED) is 0.200. The summed E-state index contributed by atoms with van der Waals surface area (Å²) >= 11 is 0. The Bertz CT molecular complexity index is 1360. The maximum absolute atomic E-state index is 12.7. The number of nitrogen functional groups attached to an aromatic ring is 1. The third-order valence-corrected chi connectivity index (χ3v) is 5.01. The van der Waals surface area contributed by atoms with E-state index >= 15 is 0 Å². The van der Waals surface area contributed by atoms with Crippen LogP contribution < -0.4 is 26.2 Å². The molecule has 5 N–H and O–H groups in total. The van der Waals surface area contributed by atoms with Gasteiger partial charge in [0.25, 0.3) is 5.95 Å². The average Bonchev–Trinajstić information content (AvgIpc) is 3.27. The maximum Gasteiger partial charge on any atom is 0.350 e. The molecule has 0 saturated heterocycles. The van der Waals surface area contributed by atoms with E-state index in [4.69, 9.17) is 20.6 Å². The zero-order valence-electron chi connectivity index (χ0n) is 18.7. The van der Waals surface area contributed by atoms with Crippen LogP contribution in [0.5, 0.6) is 11.5 Å². The second-order valence-corrected chi connectivity index (χ2v) is 7.29. The number of halogens is 1. The Morgan fingerprint density at radius 3 is 2.60 bits per heavy atom. The molecule has 0 fully saturated rings. The molecule has 2 aromatic carbocycles. The first kappa shape index (κ1) is 23.4. The minimum atomic E-state index is -0.639. The number of methoxy groups -OCH3 is 1. The van der Waals surface area contributed by atoms with Gasteiger partial charge in [0, 0.05) is 23.6 Å². The van der Waals surface area contributed by atoms with E-state index in [2.05, 4.69) is 25.4 Å². The second kappa shape index (κ2) is 10.5. The highest BCUT2D eigenvalue weighted by atomic mass is 19.1. The summed E-state index contributed by atoms with van der Waals surface area (Å²) in [5.41, 5.74) is 6.97. The summed E-state index contributed by atoms with van der Waals surface area (Å²) in [6.45, 7) is -0.736. The highest BCUT2D eigenvalue weighted by Gasteiger charge is 2.22. The van der Waals surface area contributed by atoms with Gasteiger partial charge < -0.3 is 20.5 Å². The number of benzene rings is 2. The molecule has 0 saturated carbocycles. The Kier molecular flexibility index (Phi) is 7.00. The number of nitrogens with one attached hydrogen (secondary N) is 3. The van der Waals surface area contributed by atoms with Crippen molar-refractivity contribution >= 4 is 11.5 Å². The number of ether oxygens (including phenoxy) is 2. The monoisotopic (exact) mass is 478 g/mol. The number of amidine groups is 1. The summed E-state index contributed by atoms with van der Waals surface area (Å²) in [6.07, 6.45) is 3.02. The largest absolute Gasteiger partial charge is 0.493 e. The van der Waals surface area contributed by atoms with Gasteiger partial charge in [0.05, 0.1) is 7.11 Å². The van der Waals surface area contributed by atoms with Crippen molar-refractivity contribution in [2.75, 3.05) is 25.7 Å². The lowest BCUT2D eigenvalue weighted by Crippen LogP contribution is -2.18. The first-order chi connectivity index (χ1) is 17.0. The fraction of sp³-hybridized carbons (Fsp3) is 0.174. The molecule has 0 radical (unpaired) electrons. The smallest absolute Gasteiger partial charge is 0.350 e. The fourth-order valence-electron chi connectivity index (χ4n) is 3.36. The van der Waals surface area contributed by atoms with E-state index in [0.717, 1.165) is 4.68 Å². The normalized spacial score (nSPS) is 11.6. The van der Waals surface area contributed by atoms with Crippen LogP contribution in [0.15, 0.2) is 65.7 Å². The van der Waals surface area contributed by atoms with Crippen LogP contribution in [-0.2, 0) is 0 Å². The van der Waals surface area contributed by atoms with Crippen LogP contribution in [-0.4, -0.2) is 51.0 Å². The highest BCUT2D eigenvalue weighted by molar-refractivity contribution is 5.95. The van der Waals surface area contributed by atoms with Crippen molar-refractivity contribution in [3.8, 4) is 17.4 Å². The molecule has 0 amide bonds. The van der Waals surface area contributed by atoms with E-state index < -0.39 is 18.4 Å². The van der Waals surface area contributed by atoms with E-state index in [-0.39, 0.29) is 24.2 Å². The highest BCUT2D eigenvalue weighted by Crippen LogP contribution is 2.33. The summed E-state index contributed by atoms with van der Waals surface area (Å²) in [6, 6.07) is 13.1. The fourth-order valence-corrected chi connectivity index (χ4v) is 3.36. The topological polar surface area (TPSA) is 157 Å². The number of aromatic nitrogens is 5. The maximum atomic E-state index is 12.7. The molecule has 2 heterocycles.